The van der Waals surface area contributed by atoms with Crippen LogP contribution < -0.4 is 4.90 Å². The van der Waals surface area contributed by atoms with Gasteiger partial charge in [0.15, 0.2) is 0 Å². The molecule has 0 aliphatic carbocycles. The van der Waals surface area contributed by atoms with Gasteiger partial charge in [-0.15, -0.1) is 0 Å². The Balaban J connectivity index is 2.28. The Kier molecular flexibility index (Phi) is 3.48. The first-order valence-corrected chi connectivity index (χ1v) is 6.42. The van der Waals surface area contributed by atoms with Crippen molar-refractivity contribution in [3.05, 3.63) is 21.3 Å². The molecule has 1 atom stereocenters. The van der Waals surface area contributed by atoms with E-state index in [1.807, 2.05) is 0 Å². The molecule has 2 rings (SSSR count). The summed E-state index contributed by atoms with van der Waals surface area (Å²) in [4.78, 5) is 28.1. The topological polar surface area (TPSA) is 70.5 Å². The van der Waals surface area contributed by atoms with Crippen LogP contribution in [0, 0.1) is 5.92 Å². The summed E-state index contributed by atoms with van der Waals surface area (Å²) < 4.78 is 1.18. The molecule has 0 bridgehead atoms. The van der Waals surface area contributed by atoms with Crippen molar-refractivity contribution in [2.24, 2.45) is 5.92 Å². The van der Waals surface area contributed by atoms with E-state index in [0.717, 1.165) is 0 Å². The predicted molar refractivity (Wildman–Crippen MR) is 67.7 cm³/mol. The summed E-state index contributed by atoms with van der Waals surface area (Å²) in [5, 5.41) is 8.90. The third kappa shape index (κ3) is 2.66. The van der Waals surface area contributed by atoms with E-state index in [2.05, 4.69) is 36.8 Å². The molecule has 1 unspecified atom stereocenters. The lowest BCUT2D eigenvalue weighted by Crippen LogP contribution is -2.25. The van der Waals surface area contributed by atoms with Gasteiger partial charge in [-0.2, -0.15) is 0 Å². The Labute approximate surface area is 114 Å². The molecular weight excluding hydrogens is 356 g/mol. The highest BCUT2D eigenvalue weighted by atomic mass is 79.9. The molecule has 1 N–H and O–H groups in total. The van der Waals surface area contributed by atoms with E-state index < -0.39 is 11.9 Å². The van der Waals surface area contributed by atoms with Crippen molar-refractivity contribution < 1.29 is 14.7 Å². The third-order valence-electron chi connectivity index (χ3n) is 2.53. The van der Waals surface area contributed by atoms with E-state index in [0.29, 0.717) is 14.9 Å². The van der Waals surface area contributed by atoms with Crippen LogP contribution >= 0.6 is 31.9 Å². The second-order valence-corrected chi connectivity index (χ2v) is 5.34. The minimum absolute atomic E-state index is 0.0485. The van der Waals surface area contributed by atoms with Gasteiger partial charge in [-0.05, 0) is 44.0 Å². The van der Waals surface area contributed by atoms with Crippen LogP contribution in [0.2, 0.25) is 0 Å². The number of carboxylic acid groups (broad SMARTS) is 1. The number of anilines is 1. The standard InChI is InChI=1S/C10H8Br2N2O3/c11-7-2-6(3-8(12)13-7)14-4-5(10(16)17)1-9(14)15/h2-3,5H,1,4H2,(H,16,17). The number of carboxylic acids is 1. The molecule has 1 fully saturated rings. The van der Waals surface area contributed by atoms with Gasteiger partial charge in [-0.25, -0.2) is 4.98 Å². The van der Waals surface area contributed by atoms with Crippen LogP contribution in [0.25, 0.3) is 0 Å². The molecule has 0 spiro atoms. The van der Waals surface area contributed by atoms with E-state index in [-0.39, 0.29) is 18.9 Å². The fourth-order valence-corrected chi connectivity index (χ4v) is 2.82. The van der Waals surface area contributed by atoms with Crippen LogP contribution in [0.1, 0.15) is 6.42 Å². The van der Waals surface area contributed by atoms with Gasteiger partial charge in [0.1, 0.15) is 9.21 Å². The Bertz CT molecular complexity index is 472. The van der Waals surface area contributed by atoms with Crippen molar-refractivity contribution in [2.45, 2.75) is 6.42 Å². The Morgan fingerprint density at radius 1 is 1.41 bits per heavy atom. The molecule has 1 aliphatic heterocycles. The predicted octanol–water partition coefficient (Wildman–Crippen LogP) is 2.04. The van der Waals surface area contributed by atoms with Crippen LogP contribution in [0.4, 0.5) is 5.69 Å². The monoisotopic (exact) mass is 362 g/mol. The number of nitrogens with zero attached hydrogens (tertiary/aromatic N) is 2. The van der Waals surface area contributed by atoms with Gasteiger partial charge in [-0.3, -0.25) is 9.59 Å². The average molecular weight is 364 g/mol. The van der Waals surface area contributed by atoms with Crippen LogP contribution in [0.3, 0.4) is 0 Å². The highest BCUT2D eigenvalue weighted by molar-refractivity contribution is 9.11. The quantitative estimate of drug-likeness (QED) is 0.816. The number of aliphatic carboxylic acids is 1. The number of hydrogen-bond donors (Lipinski definition) is 1. The fourth-order valence-electron chi connectivity index (χ4n) is 1.73. The van der Waals surface area contributed by atoms with Crippen LogP contribution in [-0.2, 0) is 9.59 Å². The van der Waals surface area contributed by atoms with Gasteiger partial charge >= 0.3 is 5.97 Å². The summed E-state index contributed by atoms with van der Waals surface area (Å²) in [6.07, 6.45) is 0.0485. The van der Waals surface area contributed by atoms with Gasteiger partial charge in [0, 0.05) is 18.7 Å². The zero-order chi connectivity index (χ0) is 12.6. The first-order valence-electron chi connectivity index (χ1n) is 4.83. The smallest absolute Gasteiger partial charge is 0.308 e. The van der Waals surface area contributed by atoms with Crippen LogP contribution in [0.15, 0.2) is 21.3 Å². The van der Waals surface area contributed by atoms with Gasteiger partial charge in [0.25, 0.3) is 0 Å². The highest BCUT2D eigenvalue weighted by Gasteiger charge is 2.35. The number of hydrogen-bond acceptors (Lipinski definition) is 3. The zero-order valence-corrected chi connectivity index (χ0v) is 11.7. The molecule has 7 heteroatoms. The molecule has 5 nitrogen and oxygen atoms in total. The first kappa shape index (κ1) is 12.5. The number of rotatable bonds is 2. The molecule has 2 heterocycles. The summed E-state index contributed by atoms with van der Waals surface area (Å²) in [6, 6.07) is 3.37. The molecule has 90 valence electrons. The summed E-state index contributed by atoms with van der Waals surface area (Å²) in [5.41, 5.74) is 0.646. The summed E-state index contributed by atoms with van der Waals surface area (Å²) >= 11 is 6.46. The summed E-state index contributed by atoms with van der Waals surface area (Å²) in [5.74, 6) is -1.75. The molecule has 0 aromatic carbocycles. The average Bonchev–Trinajstić information content (AvgIpc) is 2.59. The molecule has 0 radical (unpaired) electrons. The van der Waals surface area contributed by atoms with E-state index in [1.165, 1.54) is 4.90 Å². The maximum Gasteiger partial charge on any atom is 0.308 e. The van der Waals surface area contributed by atoms with Crippen molar-refractivity contribution in [3.8, 4) is 0 Å². The molecular formula is C10H8Br2N2O3. The number of halogens is 2. The number of pyridine rings is 1. The Morgan fingerprint density at radius 2 is 2.00 bits per heavy atom. The minimum atomic E-state index is -0.937. The normalized spacial score (nSPS) is 19.8. The maximum atomic E-state index is 11.7. The molecule has 1 aliphatic rings. The van der Waals surface area contributed by atoms with E-state index in [4.69, 9.17) is 5.11 Å². The van der Waals surface area contributed by atoms with Crippen molar-refractivity contribution in [1.82, 2.24) is 4.98 Å². The highest BCUT2D eigenvalue weighted by Crippen LogP contribution is 2.28. The van der Waals surface area contributed by atoms with Gasteiger partial charge in [0.2, 0.25) is 5.91 Å². The second kappa shape index (κ2) is 4.73. The molecule has 17 heavy (non-hydrogen) atoms. The largest absolute Gasteiger partial charge is 0.481 e. The van der Waals surface area contributed by atoms with Crippen molar-refractivity contribution >= 4 is 49.4 Å². The van der Waals surface area contributed by atoms with Crippen molar-refractivity contribution in [1.29, 1.82) is 0 Å². The molecule has 0 saturated carbocycles. The van der Waals surface area contributed by atoms with Crippen LogP contribution in [-0.4, -0.2) is 28.5 Å². The zero-order valence-electron chi connectivity index (χ0n) is 8.56. The lowest BCUT2D eigenvalue weighted by molar-refractivity contribution is -0.141. The fraction of sp³-hybridized carbons (Fsp3) is 0.300. The number of carbonyl (C=O) groups is 2. The molecule has 1 amide bonds. The first-order chi connectivity index (χ1) is 7.97. The number of amides is 1. The van der Waals surface area contributed by atoms with E-state index in [1.54, 1.807) is 12.1 Å². The van der Waals surface area contributed by atoms with Crippen molar-refractivity contribution in [3.63, 3.8) is 0 Å². The van der Waals surface area contributed by atoms with Gasteiger partial charge in [-0.1, -0.05) is 0 Å². The second-order valence-electron chi connectivity index (χ2n) is 3.71. The van der Waals surface area contributed by atoms with Crippen molar-refractivity contribution in [2.75, 3.05) is 11.4 Å². The van der Waals surface area contributed by atoms with Crippen LogP contribution in [0.5, 0.6) is 0 Å². The lowest BCUT2D eigenvalue weighted by Gasteiger charge is -2.16. The summed E-state index contributed by atoms with van der Waals surface area (Å²) in [7, 11) is 0. The maximum absolute atomic E-state index is 11.7. The van der Waals surface area contributed by atoms with E-state index in [9.17, 15) is 9.59 Å². The molecule has 1 aromatic rings. The summed E-state index contributed by atoms with van der Waals surface area (Å²) in [6.45, 7) is 0.205. The molecule has 1 aromatic heterocycles. The Morgan fingerprint density at radius 3 is 2.47 bits per heavy atom. The molecule has 1 saturated heterocycles. The number of aromatic nitrogens is 1. The third-order valence-corrected chi connectivity index (χ3v) is 3.35. The van der Waals surface area contributed by atoms with Gasteiger partial charge in [0.05, 0.1) is 5.92 Å². The lowest BCUT2D eigenvalue weighted by atomic mass is 10.1. The SMILES string of the molecule is O=C(O)C1CC(=O)N(c2cc(Br)nc(Br)c2)C1. The van der Waals surface area contributed by atoms with Gasteiger partial charge < -0.3 is 10.0 Å². The minimum Gasteiger partial charge on any atom is -0.481 e. The van der Waals surface area contributed by atoms with E-state index >= 15 is 0 Å². The number of carbonyl (C=O) groups excluding carboxylic acids is 1. The Hall–Kier alpha value is -0.950.